The predicted octanol–water partition coefficient (Wildman–Crippen LogP) is 3.52. The van der Waals surface area contributed by atoms with Crippen LogP contribution in [0.5, 0.6) is 0 Å². The monoisotopic (exact) mass is 345 g/mol. The number of rotatable bonds is 4. The number of carbonyl (C=O) groups is 1. The van der Waals surface area contributed by atoms with Gasteiger partial charge in [0, 0.05) is 23.7 Å². The first-order chi connectivity index (χ1) is 12.6. The fraction of sp³-hybridized carbons (Fsp3) is 0.0952. The maximum atomic E-state index is 15.0. The minimum Gasteiger partial charge on any atom is -0.366 e. The third-order valence-electron chi connectivity index (χ3n) is 4.68. The molecule has 1 amide bonds. The first-order valence-corrected chi connectivity index (χ1v) is 8.24. The fourth-order valence-electron chi connectivity index (χ4n) is 3.54. The van der Waals surface area contributed by atoms with Crippen molar-refractivity contribution in [2.75, 3.05) is 0 Å². The van der Waals surface area contributed by atoms with Gasteiger partial charge in [0.05, 0.1) is 17.6 Å². The lowest BCUT2D eigenvalue weighted by molar-refractivity contribution is 0.0999. The van der Waals surface area contributed by atoms with Crippen molar-refractivity contribution in [3.05, 3.63) is 88.8 Å². The molecule has 4 nitrogen and oxygen atoms in total. The van der Waals surface area contributed by atoms with E-state index in [1.165, 1.54) is 6.07 Å². The number of carbonyl (C=O) groups excluding carboxylic acids is 1. The third-order valence-corrected chi connectivity index (χ3v) is 4.68. The minimum absolute atomic E-state index is 0.239. The van der Waals surface area contributed by atoms with Crippen LogP contribution in [0.4, 0.5) is 4.39 Å². The molecule has 0 unspecified atom stereocenters. The van der Waals surface area contributed by atoms with Crippen LogP contribution in [-0.4, -0.2) is 15.9 Å². The molecule has 0 fully saturated rings. The highest BCUT2D eigenvalue weighted by Crippen LogP contribution is 2.42. The normalized spacial score (nSPS) is 11.7. The Kier molecular flexibility index (Phi) is 3.84. The number of halogens is 1. The van der Waals surface area contributed by atoms with E-state index < -0.39 is 11.7 Å². The molecule has 0 spiro atoms. The number of amides is 1. The van der Waals surface area contributed by atoms with Gasteiger partial charge >= 0.3 is 0 Å². The first kappa shape index (κ1) is 16.1. The van der Waals surface area contributed by atoms with Crippen molar-refractivity contribution in [3.63, 3.8) is 0 Å². The Morgan fingerprint density at radius 1 is 1.31 bits per heavy atom. The summed E-state index contributed by atoms with van der Waals surface area (Å²) in [6.45, 7) is 3.69. The second kappa shape index (κ2) is 6.19. The Labute approximate surface area is 150 Å². The van der Waals surface area contributed by atoms with Gasteiger partial charge in [-0.2, -0.15) is 0 Å². The minimum atomic E-state index is -0.618. The largest absolute Gasteiger partial charge is 0.366 e. The highest BCUT2D eigenvalue weighted by molar-refractivity contribution is 5.98. The SMILES string of the molecule is C=Cc1cncc(Cc2c(F)cc(C(N)=O)c3c2-c2ccccc2C3)n1. The van der Waals surface area contributed by atoms with Crippen LogP contribution in [-0.2, 0) is 12.8 Å². The molecule has 0 radical (unpaired) electrons. The lowest BCUT2D eigenvalue weighted by Gasteiger charge is -2.14. The van der Waals surface area contributed by atoms with Gasteiger partial charge in [0.1, 0.15) is 5.82 Å². The number of benzene rings is 2. The van der Waals surface area contributed by atoms with Gasteiger partial charge in [0.2, 0.25) is 5.91 Å². The molecule has 1 heterocycles. The van der Waals surface area contributed by atoms with E-state index in [1.54, 1.807) is 18.5 Å². The molecule has 0 aliphatic heterocycles. The van der Waals surface area contributed by atoms with E-state index >= 15 is 0 Å². The summed E-state index contributed by atoms with van der Waals surface area (Å²) in [4.78, 5) is 20.4. The Hall–Kier alpha value is -3.34. The second-order valence-electron chi connectivity index (χ2n) is 6.25. The third kappa shape index (κ3) is 2.58. The smallest absolute Gasteiger partial charge is 0.249 e. The highest BCUT2D eigenvalue weighted by atomic mass is 19.1. The zero-order valence-corrected chi connectivity index (χ0v) is 14.0. The van der Waals surface area contributed by atoms with Crippen LogP contribution in [0, 0.1) is 5.82 Å². The summed E-state index contributed by atoms with van der Waals surface area (Å²) in [6, 6.07) is 9.02. The van der Waals surface area contributed by atoms with Gasteiger partial charge in [-0.1, -0.05) is 30.8 Å². The summed E-state index contributed by atoms with van der Waals surface area (Å²) < 4.78 is 15.0. The van der Waals surface area contributed by atoms with E-state index in [2.05, 4.69) is 16.5 Å². The Morgan fingerprint density at radius 2 is 2.12 bits per heavy atom. The number of hydrogen-bond donors (Lipinski definition) is 1. The molecule has 4 rings (SSSR count). The number of fused-ring (bicyclic) bond motifs is 3. The summed E-state index contributed by atoms with van der Waals surface area (Å²) in [6.07, 6.45) is 5.65. The van der Waals surface area contributed by atoms with Gasteiger partial charge in [0.25, 0.3) is 0 Å². The summed E-state index contributed by atoms with van der Waals surface area (Å²) in [5.74, 6) is -1.08. The predicted molar refractivity (Wildman–Crippen MR) is 98.1 cm³/mol. The van der Waals surface area contributed by atoms with E-state index in [4.69, 9.17) is 5.73 Å². The quantitative estimate of drug-likeness (QED) is 0.615. The molecular formula is C21H16FN3O. The molecule has 128 valence electrons. The zero-order valence-electron chi connectivity index (χ0n) is 14.0. The van der Waals surface area contributed by atoms with Crippen molar-refractivity contribution < 1.29 is 9.18 Å². The van der Waals surface area contributed by atoms with Crippen LogP contribution in [0.25, 0.3) is 17.2 Å². The van der Waals surface area contributed by atoms with Crippen LogP contribution in [0.2, 0.25) is 0 Å². The van der Waals surface area contributed by atoms with Crippen molar-refractivity contribution >= 4 is 12.0 Å². The summed E-state index contributed by atoms with van der Waals surface area (Å²) in [5, 5.41) is 0. The van der Waals surface area contributed by atoms with E-state index in [-0.39, 0.29) is 12.0 Å². The molecule has 1 aliphatic carbocycles. The number of aromatic nitrogens is 2. The van der Waals surface area contributed by atoms with Gasteiger partial charge in [-0.25, -0.2) is 9.37 Å². The highest BCUT2D eigenvalue weighted by Gasteiger charge is 2.28. The maximum Gasteiger partial charge on any atom is 0.249 e. The lowest BCUT2D eigenvalue weighted by Crippen LogP contribution is -2.15. The van der Waals surface area contributed by atoms with Crippen LogP contribution in [0.1, 0.15) is 38.4 Å². The van der Waals surface area contributed by atoms with Crippen molar-refractivity contribution in [1.29, 1.82) is 0 Å². The first-order valence-electron chi connectivity index (χ1n) is 8.24. The van der Waals surface area contributed by atoms with Crippen molar-refractivity contribution in [3.8, 4) is 11.1 Å². The number of nitrogens with two attached hydrogens (primary N) is 1. The molecule has 2 N–H and O–H groups in total. The number of hydrogen-bond acceptors (Lipinski definition) is 3. The molecule has 0 saturated heterocycles. The molecule has 26 heavy (non-hydrogen) atoms. The van der Waals surface area contributed by atoms with E-state index in [1.807, 2.05) is 24.3 Å². The second-order valence-corrected chi connectivity index (χ2v) is 6.25. The van der Waals surface area contributed by atoms with E-state index in [0.717, 1.165) is 22.3 Å². The average molecular weight is 345 g/mol. The van der Waals surface area contributed by atoms with Crippen LogP contribution in [0.3, 0.4) is 0 Å². The topological polar surface area (TPSA) is 68.9 Å². The summed E-state index contributed by atoms with van der Waals surface area (Å²) in [7, 11) is 0. The molecular weight excluding hydrogens is 329 g/mol. The molecule has 1 aromatic heterocycles. The van der Waals surface area contributed by atoms with Crippen molar-refractivity contribution in [2.45, 2.75) is 12.8 Å². The van der Waals surface area contributed by atoms with Crippen LogP contribution < -0.4 is 5.73 Å². The fourth-order valence-corrected chi connectivity index (χ4v) is 3.54. The van der Waals surface area contributed by atoms with Gasteiger partial charge in [-0.3, -0.25) is 9.78 Å². The van der Waals surface area contributed by atoms with Crippen LogP contribution >= 0.6 is 0 Å². The Balaban J connectivity index is 1.92. The number of primary amides is 1. The molecule has 0 saturated carbocycles. The molecule has 3 aromatic rings. The van der Waals surface area contributed by atoms with E-state index in [0.29, 0.717) is 23.4 Å². The maximum absolute atomic E-state index is 15.0. The standard InChI is InChI=1S/C21H16FN3O/c1-2-13-10-24-11-14(25-13)8-18-19(22)9-17(21(23)26)16-7-12-5-3-4-6-15(12)20(16)18/h2-6,9-11H,1,7-8H2,(H2,23,26). The van der Waals surface area contributed by atoms with Crippen LogP contribution in [0.15, 0.2) is 49.3 Å². The summed E-state index contributed by atoms with van der Waals surface area (Å²) >= 11 is 0. The zero-order chi connectivity index (χ0) is 18.3. The Morgan fingerprint density at radius 3 is 2.88 bits per heavy atom. The molecule has 2 aromatic carbocycles. The van der Waals surface area contributed by atoms with Gasteiger partial charge in [-0.05, 0) is 40.8 Å². The molecule has 1 aliphatic rings. The van der Waals surface area contributed by atoms with Gasteiger partial charge in [-0.15, -0.1) is 0 Å². The lowest BCUT2D eigenvalue weighted by atomic mass is 9.92. The average Bonchev–Trinajstić information content (AvgIpc) is 3.03. The Bertz CT molecular complexity index is 1060. The van der Waals surface area contributed by atoms with Gasteiger partial charge in [0.15, 0.2) is 0 Å². The number of nitrogens with zero attached hydrogens (tertiary/aromatic N) is 2. The summed E-state index contributed by atoms with van der Waals surface area (Å²) in [5.41, 5.74) is 11.0. The molecule has 0 bridgehead atoms. The molecule has 5 heteroatoms. The molecule has 0 atom stereocenters. The van der Waals surface area contributed by atoms with Gasteiger partial charge < -0.3 is 5.73 Å². The van der Waals surface area contributed by atoms with E-state index in [9.17, 15) is 9.18 Å². The van der Waals surface area contributed by atoms with Crippen molar-refractivity contribution in [2.24, 2.45) is 5.73 Å². The van der Waals surface area contributed by atoms with Crippen molar-refractivity contribution in [1.82, 2.24) is 9.97 Å².